The van der Waals surface area contributed by atoms with Crippen LogP contribution in [-0.4, -0.2) is 87.6 Å². The first-order chi connectivity index (χ1) is 19.8. The average molecular weight is 584 g/mol. The fourth-order valence-corrected chi connectivity index (χ4v) is 9.10. The predicted molar refractivity (Wildman–Crippen MR) is 164 cm³/mol. The minimum atomic E-state index is -0.727. The lowest BCUT2D eigenvalue weighted by Crippen LogP contribution is -2.57. The largest absolute Gasteiger partial charge is 0.494 e. The van der Waals surface area contributed by atoms with E-state index in [1.54, 1.807) is 40.6 Å². The molecule has 4 rings (SSSR count). The van der Waals surface area contributed by atoms with Gasteiger partial charge in [-0.1, -0.05) is 31.9 Å². The number of hydrogen-bond acceptors (Lipinski definition) is 6. The van der Waals surface area contributed by atoms with Crippen molar-refractivity contribution in [2.45, 2.75) is 75.0 Å². The van der Waals surface area contributed by atoms with Crippen molar-refractivity contribution in [1.82, 2.24) is 9.80 Å². The van der Waals surface area contributed by atoms with Crippen LogP contribution >= 0.6 is 11.8 Å². The minimum absolute atomic E-state index is 0.0544. The molecule has 0 radical (unpaired) electrons. The molecule has 0 aliphatic carbocycles. The normalized spacial score (nSPS) is 26.9. The maximum Gasteiger partial charge on any atom is 0.247 e. The van der Waals surface area contributed by atoms with E-state index in [9.17, 15) is 19.5 Å². The first-order valence-electron chi connectivity index (χ1n) is 14.9. The van der Waals surface area contributed by atoms with Gasteiger partial charge >= 0.3 is 0 Å². The summed E-state index contributed by atoms with van der Waals surface area (Å²) in [6, 6.07) is 6.13. The molecular weight excluding hydrogens is 538 g/mol. The molecule has 3 aliphatic rings. The average Bonchev–Trinajstić information content (AvgIpc) is 3.62. The molecule has 1 aromatic carbocycles. The zero-order valence-electron chi connectivity index (χ0n) is 24.7. The number of likely N-dealkylation sites (tertiary alicyclic amines) is 1. The van der Waals surface area contributed by atoms with E-state index in [0.717, 1.165) is 31.4 Å². The van der Waals surface area contributed by atoms with Crippen LogP contribution in [0, 0.1) is 11.8 Å². The molecule has 6 atom stereocenters. The van der Waals surface area contributed by atoms with E-state index in [4.69, 9.17) is 4.74 Å². The van der Waals surface area contributed by atoms with E-state index in [2.05, 4.69) is 20.1 Å². The quantitative estimate of drug-likeness (QED) is 0.245. The number of fused-ring (bicyclic) bond motifs is 1. The number of thioether (sulfide) groups is 1. The maximum absolute atomic E-state index is 14.4. The second-order valence-corrected chi connectivity index (χ2v) is 12.9. The zero-order valence-corrected chi connectivity index (χ0v) is 25.5. The van der Waals surface area contributed by atoms with Crippen LogP contribution in [0.2, 0.25) is 0 Å². The van der Waals surface area contributed by atoms with E-state index in [1.165, 1.54) is 0 Å². The second kappa shape index (κ2) is 13.5. The number of ether oxygens (including phenoxy) is 1. The van der Waals surface area contributed by atoms with Gasteiger partial charge in [-0.2, -0.15) is 0 Å². The van der Waals surface area contributed by atoms with Crippen molar-refractivity contribution in [2.24, 2.45) is 11.8 Å². The number of rotatable bonds is 15. The molecule has 3 heterocycles. The van der Waals surface area contributed by atoms with Crippen molar-refractivity contribution in [2.75, 3.05) is 37.7 Å². The number of nitrogens with zero attached hydrogens (tertiary/aromatic N) is 3. The lowest BCUT2D eigenvalue weighted by atomic mass is 9.70. The lowest BCUT2D eigenvalue weighted by Gasteiger charge is -2.39. The van der Waals surface area contributed by atoms with E-state index in [-0.39, 0.29) is 29.6 Å². The Kier molecular flexibility index (Phi) is 10.2. The van der Waals surface area contributed by atoms with E-state index >= 15 is 0 Å². The van der Waals surface area contributed by atoms with Gasteiger partial charge in [0, 0.05) is 30.6 Å². The number of benzene rings is 1. The van der Waals surface area contributed by atoms with Gasteiger partial charge in [-0.05, 0) is 57.4 Å². The third-order valence-corrected chi connectivity index (χ3v) is 10.7. The summed E-state index contributed by atoms with van der Waals surface area (Å²) in [5.74, 6) is -0.893. The van der Waals surface area contributed by atoms with E-state index < -0.39 is 28.7 Å². The van der Waals surface area contributed by atoms with Crippen molar-refractivity contribution in [3.63, 3.8) is 0 Å². The Bertz CT molecular complexity index is 1130. The number of amides is 3. The summed E-state index contributed by atoms with van der Waals surface area (Å²) < 4.78 is 4.87. The number of unbranched alkanes of at least 4 members (excludes halogenated alkanes) is 2. The van der Waals surface area contributed by atoms with Crippen molar-refractivity contribution < 1.29 is 24.2 Å². The van der Waals surface area contributed by atoms with Crippen LogP contribution in [0.5, 0.6) is 5.75 Å². The number of aliphatic hydroxyl groups excluding tert-OH is 1. The van der Waals surface area contributed by atoms with Gasteiger partial charge in [0.15, 0.2) is 0 Å². The van der Waals surface area contributed by atoms with E-state index in [0.29, 0.717) is 38.3 Å². The molecule has 3 fully saturated rings. The van der Waals surface area contributed by atoms with Crippen LogP contribution in [-0.2, 0) is 14.4 Å². The van der Waals surface area contributed by atoms with Gasteiger partial charge in [-0.25, -0.2) is 0 Å². The molecule has 1 spiro atoms. The first-order valence-corrected chi connectivity index (χ1v) is 15.8. The summed E-state index contributed by atoms with van der Waals surface area (Å²) >= 11 is 1.65. The SMILES string of the molecule is C=CCN(CCCCC)C(=O)C1N([C@H](C)CO)C(=O)[C@@H]2[C@H](C(=O)N(CC=C)c3ccc(OCC)cc3)[C@@H]3CCC12S3. The summed E-state index contributed by atoms with van der Waals surface area (Å²) in [5.41, 5.74) is 0.715. The smallest absolute Gasteiger partial charge is 0.247 e. The Hall–Kier alpha value is -2.78. The second-order valence-electron chi connectivity index (χ2n) is 11.3. The Morgan fingerprint density at radius 1 is 1.17 bits per heavy atom. The van der Waals surface area contributed by atoms with Crippen molar-refractivity contribution in [3.8, 4) is 5.75 Å². The Balaban J connectivity index is 1.70. The Labute approximate surface area is 248 Å². The number of hydrogen-bond donors (Lipinski definition) is 1. The molecular formula is C32H45N3O5S. The van der Waals surface area contributed by atoms with Crippen molar-refractivity contribution in [1.29, 1.82) is 0 Å². The topological polar surface area (TPSA) is 90.4 Å². The molecule has 1 N–H and O–H groups in total. The van der Waals surface area contributed by atoms with Gasteiger partial charge in [0.05, 0.1) is 35.8 Å². The molecule has 1 aromatic rings. The fourth-order valence-electron chi connectivity index (χ4n) is 6.91. The van der Waals surface area contributed by atoms with Gasteiger partial charge in [-0.15, -0.1) is 24.9 Å². The molecule has 3 saturated heterocycles. The molecule has 0 saturated carbocycles. The highest BCUT2D eigenvalue weighted by Gasteiger charge is 2.74. The summed E-state index contributed by atoms with van der Waals surface area (Å²) in [5, 5.41) is 10.1. The molecule has 224 valence electrons. The highest BCUT2D eigenvalue weighted by Crippen LogP contribution is 2.67. The van der Waals surface area contributed by atoms with Crippen LogP contribution in [0.3, 0.4) is 0 Å². The highest BCUT2D eigenvalue weighted by molar-refractivity contribution is 8.02. The molecule has 41 heavy (non-hydrogen) atoms. The maximum atomic E-state index is 14.4. The van der Waals surface area contributed by atoms with Gasteiger partial charge in [0.2, 0.25) is 17.7 Å². The Morgan fingerprint density at radius 2 is 1.88 bits per heavy atom. The van der Waals surface area contributed by atoms with Crippen molar-refractivity contribution >= 4 is 35.2 Å². The Morgan fingerprint density at radius 3 is 2.49 bits per heavy atom. The van der Waals surface area contributed by atoms with Crippen LogP contribution in [0.15, 0.2) is 49.6 Å². The molecule has 9 heteroatoms. The van der Waals surface area contributed by atoms with Crippen LogP contribution < -0.4 is 9.64 Å². The van der Waals surface area contributed by atoms with E-state index in [1.807, 2.05) is 36.1 Å². The number of anilines is 1. The molecule has 0 aromatic heterocycles. The molecule has 2 bridgehead atoms. The highest BCUT2D eigenvalue weighted by atomic mass is 32.2. The van der Waals surface area contributed by atoms with Gasteiger partial charge in [0.25, 0.3) is 0 Å². The number of carbonyl (C=O) groups excluding carboxylic acids is 3. The van der Waals surface area contributed by atoms with Crippen LogP contribution in [0.4, 0.5) is 5.69 Å². The third-order valence-electron chi connectivity index (χ3n) is 8.73. The third kappa shape index (κ3) is 5.67. The summed E-state index contributed by atoms with van der Waals surface area (Å²) in [6.07, 6.45) is 7.79. The van der Waals surface area contributed by atoms with Gasteiger partial charge in [0.1, 0.15) is 11.8 Å². The van der Waals surface area contributed by atoms with Gasteiger partial charge < -0.3 is 24.5 Å². The summed E-state index contributed by atoms with van der Waals surface area (Å²) in [6.45, 7) is 15.2. The summed E-state index contributed by atoms with van der Waals surface area (Å²) in [7, 11) is 0. The monoisotopic (exact) mass is 583 g/mol. The minimum Gasteiger partial charge on any atom is -0.494 e. The van der Waals surface area contributed by atoms with Crippen LogP contribution in [0.1, 0.15) is 52.9 Å². The fraction of sp³-hybridized carbons (Fsp3) is 0.594. The zero-order chi connectivity index (χ0) is 29.7. The summed E-state index contributed by atoms with van der Waals surface area (Å²) in [4.78, 5) is 48.1. The molecule has 3 amide bonds. The lowest BCUT2D eigenvalue weighted by molar-refractivity contribution is -0.145. The van der Waals surface area contributed by atoms with Crippen LogP contribution in [0.25, 0.3) is 0 Å². The molecule has 2 unspecified atom stereocenters. The van der Waals surface area contributed by atoms with Crippen molar-refractivity contribution in [3.05, 3.63) is 49.6 Å². The first kappa shape index (κ1) is 31.2. The molecule has 3 aliphatic heterocycles. The number of aliphatic hydroxyl groups is 1. The number of carbonyl (C=O) groups is 3. The standard InChI is InChI=1S/C32H45N3O5S/c1-6-10-11-20-33(18-7-2)31(39)28-32-17-16-25(41-32)26(27(32)30(38)35(28)22(5)21-36)29(37)34(19-8-3)23-12-14-24(15-13-23)40-9-4/h7-8,12-15,22,25-28,36H,2-3,6,9-11,16-21H2,1,4-5H3/t22-,25+,26-,27+,28?,32?/m1/s1. The predicted octanol–water partition coefficient (Wildman–Crippen LogP) is 4.28. The molecule has 8 nitrogen and oxygen atoms in total. The van der Waals surface area contributed by atoms with Gasteiger partial charge in [-0.3, -0.25) is 14.4 Å².